The van der Waals surface area contributed by atoms with E-state index in [0.717, 1.165) is 24.8 Å². The minimum Gasteiger partial charge on any atom is -0.459 e. The summed E-state index contributed by atoms with van der Waals surface area (Å²) in [4.78, 5) is 15.7. The second kappa shape index (κ2) is 6.10. The van der Waals surface area contributed by atoms with E-state index in [2.05, 4.69) is 10.1 Å². The van der Waals surface area contributed by atoms with Crippen LogP contribution in [0.25, 0.3) is 17.6 Å². The van der Waals surface area contributed by atoms with Gasteiger partial charge in [-0.3, -0.25) is 0 Å². The van der Waals surface area contributed by atoms with Gasteiger partial charge in [0.05, 0.1) is 0 Å². The molecule has 0 atom stereocenters. The number of hydrogen-bond acceptors (Lipinski definition) is 4. The Balaban J connectivity index is 1.65. The van der Waals surface area contributed by atoms with Gasteiger partial charge in [-0.25, -0.2) is 14.5 Å². The van der Waals surface area contributed by atoms with Crippen molar-refractivity contribution in [1.29, 1.82) is 0 Å². The molecule has 1 heterocycles. The molecule has 108 valence electrons. The van der Waals surface area contributed by atoms with Gasteiger partial charge in [0.1, 0.15) is 12.4 Å². The highest BCUT2D eigenvalue weighted by Gasteiger charge is 2.20. The number of aromatic nitrogens is 3. The molecule has 21 heavy (non-hydrogen) atoms. The lowest BCUT2D eigenvalue weighted by Gasteiger charge is -2.24. The summed E-state index contributed by atoms with van der Waals surface area (Å²) < 4.78 is 6.68. The van der Waals surface area contributed by atoms with E-state index < -0.39 is 0 Å². The molecule has 1 aliphatic rings. The zero-order valence-corrected chi connectivity index (χ0v) is 12.0. The van der Waals surface area contributed by atoms with Crippen LogP contribution in [-0.2, 0) is 9.53 Å². The first-order valence-electron chi connectivity index (χ1n) is 6.76. The van der Waals surface area contributed by atoms with E-state index in [4.69, 9.17) is 16.3 Å². The summed E-state index contributed by atoms with van der Waals surface area (Å²) in [6, 6.07) is 7.29. The van der Waals surface area contributed by atoms with E-state index in [1.807, 2.05) is 12.1 Å². The summed E-state index contributed by atoms with van der Waals surface area (Å²) in [5.41, 5.74) is 0.826. The highest BCUT2D eigenvalue weighted by molar-refractivity contribution is 6.30. The van der Waals surface area contributed by atoms with Crippen LogP contribution in [-0.4, -0.2) is 26.8 Å². The molecule has 3 rings (SSSR count). The minimum atomic E-state index is -0.348. The second-order valence-electron chi connectivity index (χ2n) is 4.86. The summed E-state index contributed by atoms with van der Waals surface area (Å²) in [6.45, 7) is 0. The molecule has 0 N–H and O–H groups in total. The fraction of sp³-hybridized carbons (Fsp3) is 0.267. The Labute approximate surface area is 127 Å². The van der Waals surface area contributed by atoms with Crippen LogP contribution in [0.3, 0.4) is 0 Å². The highest BCUT2D eigenvalue weighted by Crippen LogP contribution is 2.22. The first-order valence-corrected chi connectivity index (χ1v) is 7.14. The van der Waals surface area contributed by atoms with Crippen molar-refractivity contribution in [3.63, 3.8) is 0 Å². The lowest BCUT2D eigenvalue weighted by molar-refractivity contribution is -0.146. The number of nitrogens with zero attached hydrogens (tertiary/aromatic N) is 3. The largest absolute Gasteiger partial charge is 0.459 e. The lowest BCUT2D eigenvalue weighted by atomic mass is 9.96. The zero-order valence-electron chi connectivity index (χ0n) is 11.3. The van der Waals surface area contributed by atoms with Gasteiger partial charge in [-0.2, -0.15) is 0 Å². The molecule has 6 heteroatoms. The first kappa shape index (κ1) is 13.8. The summed E-state index contributed by atoms with van der Waals surface area (Å²) in [5, 5.41) is 4.89. The fourth-order valence-electron chi connectivity index (χ4n) is 1.94. The molecule has 0 spiro atoms. The Morgan fingerprint density at radius 3 is 3.00 bits per heavy atom. The van der Waals surface area contributed by atoms with Crippen molar-refractivity contribution in [3.05, 3.63) is 41.7 Å². The van der Waals surface area contributed by atoms with Crippen molar-refractivity contribution < 1.29 is 9.53 Å². The molecule has 1 aromatic heterocycles. The van der Waals surface area contributed by atoms with Crippen LogP contribution in [0.2, 0.25) is 5.02 Å². The molecule has 0 amide bonds. The molecule has 2 aromatic rings. The van der Waals surface area contributed by atoms with Crippen molar-refractivity contribution in [2.75, 3.05) is 0 Å². The standard InChI is InChI=1S/C15H14ClN3O2/c16-12-4-1-3-11(9-12)15-17-10-19(18-15)8-7-14(20)21-13-5-2-6-13/h1,3-4,7-10,13H,2,5-6H2/b8-7-. The van der Waals surface area contributed by atoms with Gasteiger partial charge in [0.25, 0.3) is 0 Å². The summed E-state index contributed by atoms with van der Waals surface area (Å²) in [6.07, 6.45) is 7.55. The van der Waals surface area contributed by atoms with Gasteiger partial charge in [-0.05, 0) is 31.4 Å². The third kappa shape index (κ3) is 3.49. The maximum Gasteiger partial charge on any atom is 0.332 e. The average Bonchev–Trinajstić information content (AvgIpc) is 2.90. The third-order valence-electron chi connectivity index (χ3n) is 3.29. The van der Waals surface area contributed by atoms with Crippen LogP contribution in [0, 0.1) is 0 Å². The molecule has 0 radical (unpaired) electrons. The van der Waals surface area contributed by atoms with Crippen molar-refractivity contribution in [2.45, 2.75) is 25.4 Å². The van der Waals surface area contributed by atoms with Crippen molar-refractivity contribution in [3.8, 4) is 11.4 Å². The topological polar surface area (TPSA) is 57.0 Å². The Morgan fingerprint density at radius 2 is 2.29 bits per heavy atom. The number of carbonyl (C=O) groups excluding carboxylic acids is 1. The summed E-state index contributed by atoms with van der Waals surface area (Å²) >= 11 is 5.93. The van der Waals surface area contributed by atoms with Crippen LogP contribution < -0.4 is 0 Å². The summed E-state index contributed by atoms with van der Waals surface area (Å²) in [7, 11) is 0. The molecule has 0 bridgehead atoms. The van der Waals surface area contributed by atoms with Crippen LogP contribution in [0.4, 0.5) is 0 Å². The van der Waals surface area contributed by atoms with E-state index in [0.29, 0.717) is 10.8 Å². The molecule has 0 saturated heterocycles. The van der Waals surface area contributed by atoms with Gasteiger partial charge in [0.2, 0.25) is 0 Å². The van der Waals surface area contributed by atoms with E-state index in [1.165, 1.54) is 23.3 Å². The molecule has 1 aliphatic carbocycles. The number of hydrogen-bond donors (Lipinski definition) is 0. The van der Waals surface area contributed by atoms with Crippen molar-refractivity contribution >= 4 is 23.8 Å². The van der Waals surface area contributed by atoms with Gasteiger partial charge in [0.15, 0.2) is 5.82 Å². The lowest BCUT2D eigenvalue weighted by Crippen LogP contribution is -2.24. The maximum atomic E-state index is 11.6. The third-order valence-corrected chi connectivity index (χ3v) is 3.52. The van der Waals surface area contributed by atoms with Crippen LogP contribution in [0.5, 0.6) is 0 Å². The van der Waals surface area contributed by atoms with Crippen LogP contribution in [0.1, 0.15) is 19.3 Å². The number of ether oxygens (including phenoxy) is 1. The molecular weight excluding hydrogens is 290 g/mol. The monoisotopic (exact) mass is 303 g/mol. The predicted octanol–water partition coefficient (Wildman–Crippen LogP) is 3.16. The molecule has 1 fully saturated rings. The normalized spacial score (nSPS) is 15.1. The van der Waals surface area contributed by atoms with Gasteiger partial charge in [-0.1, -0.05) is 23.7 Å². The number of halogens is 1. The molecule has 0 unspecified atom stereocenters. The number of rotatable bonds is 4. The van der Waals surface area contributed by atoms with Crippen molar-refractivity contribution in [2.24, 2.45) is 0 Å². The minimum absolute atomic E-state index is 0.0833. The molecule has 5 nitrogen and oxygen atoms in total. The Kier molecular flexibility index (Phi) is 4.01. The van der Waals surface area contributed by atoms with Gasteiger partial charge >= 0.3 is 5.97 Å². The van der Waals surface area contributed by atoms with Crippen LogP contribution >= 0.6 is 11.6 Å². The first-order chi connectivity index (χ1) is 10.2. The van der Waals surface area contributed by atoms with Crippen molar-refractivity contribution in [1.82, 2.24) is 14.8 Å². The Hall–Kier alpha value is -2.14. The number of esters is 1. The highest BCUT2D eigenvalue weighted by atomic mass is 35.5. The van der Waals surface area contributed by atoms with Gasteiger partial charge < -0.3 is 4.74 Å². The van der Waals surface area contributed by atoms with E-state index in [-0.39, 0.29) is 12.1 Å². The smallest absolute Gasteiger partial charge is 0.332 e. The molecular formula is C15H14ClN3O2. The average molecular weight is 304 g/mol. The number of carbonyl (C=O) groups is 1. The molecule has 0 aliphatic heterocycles. The van der Waals surface area contributed by atoms with Gasteiger partial charge in [-0.15, -0.1) is 5.10 Å². The predicted molar refractivity (Wildman–Crippen MR) is 79.5 cm³/mol. The van der Waals surface area contributed by atoms with E-state index in [9.17, 15) is 4.79 Å². The molecule has 1 saturated carbocycles. The Bertz CT molecular complexity index is 677. The van der Waals surface area contributed by atoms with E-state index in [1.54, 1.807) is 12.1 Å². The Morgan fingerprint density at radius 1 is 1.43 bits per heavy atom. The zero-order chi connectivity index (χ0) is 14.7. The second-order valence-corrected chi connectivity index (χ2v) is 5.30. The quantitative estimate of drug-likeness (QED) is 0.643. The van der Waals surface area contributed by atoms with Crippen LogP contribution in [0.15, 0.2) is 36.7 Å². The van der Waals surface area contributed by atoms with Gasteiger partial charge in [0, 0.05) is 22.9 Å². The van der Waals surface area contributed by atoms with E-state index >= 15 is 0 Å². The summed E-state index contributed by atoms with van der Waals surface area (Å²) in [5.74, 6) is 0.203. The SMILES string of the molecule is O=C(/C=C\n1cnc(-c2cccc(Cl)c2)n1)OC1CCC1. The fourth-order valence-corrected chi connectivity index (χ4v) is 2.13. The maximum absolute atomic E-state index is 11.6. The number of benzene rings is 1. The molecule has 1 aromatic carbocycles.